The van der Waals surface area contributed by atoms with E-state index in [0.717, 1.165) is 0 Å². The van der Waals surface area contributed by atoms with E-state index in [-0.39, 0.29) is 36.0 Å². The maximum atomic E-state index is 12.5. The van der Waals surface area contributed by atoms with E-state index in [4.69, 9.17) is 9.15 Å². The molecule has 0 radical (unpaired) electrons. The molecule has 0 bridgehead atoms. The van der Waals surface area contributed by atoms with E-state index in [1.54, 1.807) is 30.4 Å². The van der Waals surface area contributed by atoms with Crippen LogP contribution >= 0.6 is 0 Å². The molecule has 8 heteroatoms. The molecule has 130 valence electrons. The predicted octanol–water partition coefficient (Wildman–Crippen LogP) is 1.43. The Labute approximate surface area is 136 Å². The van der Waals surface area contributed by atoms with Crippen molar-refractivity contribution >= 4 is 15.9 Å². The van der Waals surface area contributed by atoms with Gasteiger partial charge in [0.25, 0.3) is 0 Å². The number of nitrogens with zero attached hydrogens (tertiary/aromatic N) is 1. The van der Waals surface area contributed by atoms with Gasteiger partial charge in [0.05, 0.1) is 23.8 Å². The van der Waals surface area contributed by atoms with Crippen molar-refractivity contribution in [3.63, 3.8) is 0 Å². The van der Waals surface area contributed by atoms with Crippen LogP contribution < -0.4 is 5.32 Å². The molecular formula is C15H24N2O5S. The lowest BCUT2D eigenvalue weighted by Crippen LogP contribution is -2.44. The molecule has 0 aromatic carbocycles. The van der Waals surface area contributed by atoms with Gasteiger partial charge in [0.15, 0.2) is 9.84 Å². The molecule has 2 rings (SSSR count). The number of hydrogen-bond donors (Lipinski definition) is 1. The molecule has 2 atom stereocenters. The molecule has 7 nitrogen and oxygen atoms in total. The molecular weight excluding hydrogens is 320 g/mol. The third-order valence-electron chi connectivity index (χ3n) is 3.82. The number of furan rings is 1. The van der Waals surface area contributed by atoms with Gasteiger partial charge in [0, 0.05) is 26.8 Å². The molecule has 1 aromatic rings. The summed E-state index contributed by atoms with van der Waals surface area (Å²) in [4.78, 5) is 14.1. The van der Waals surface area contributed by atoms with Gasteiger partial charge in [-0.1, -0.05) is 6.92 Å². The van der Waals surface area contributed by atoms with Gasteiger partial charge in [0.2, 0.25) is 0 Å². The zero-order chi connectivity index (χ0) is 16.9. The number of rotatable bonds is 5. The van der Waals surface area contributed by atoms with E-state index in [1.165, 1.54) is 0 Å². The highest BCUT2D eigenvalue weighted by Crippen LogP contribution is 2.19. The topological polar surface area (TPSA) is 88.9 Å². The summed E-state index contributed by atoms with van der Waals surface area (Å²) in [6, 6.07) is 3.00. The maximum absolute atomic E-state index is 12.5. The molecule has 1 fully saturated rings. The number of nitrogens with one attached hydrogen (secondary N) is 1. The number of amides is 2. The van der Waals surface area contributed by atoms with E-state index in [0.29, 0.717) is 25.3 Å². The Hall–Kier alpha value is -1.54. The third-order valence-corrected chi connectivity index (χ3v) is 5.71. The van der Waals surface area contributed by atoms with Gasteiger partial charge in [-0.05, 0) is 24.5 Å². The molecule has 0 saturated carbocycles. The lowest BCUT2D eigenvalue weighted by Gasteiger charge is -2.25. The third kappa shape index (κ3) is 5.24. The van der Waals surface area contributed by atoms with Gasteiger partial charge in [-0.15, -0.1) is 0 Å². The van der Waals surface area contributed by atoms with Crippen molar-refractivity contribution in [1.82, 2.24) is 10.2 Å². The standard InChI is InChI=1S/C15H24N2O5S/c1-12-10-17(6-9-23(19,20)11-12)15(18)16-13(5-8-21-2)14-4-3-7-22-14/h3-4,7,12-13H,5-6,8-11H2,1-2H3,(H,16,18). The van der Waals surface area contributed by atoms with Crippen molar-refractivity contribution < 1.29 is 22.4 Å². The highest BCUT2D eigenvalue weighted by atomic mass is 32.2. The van der Waals surface area contributed by atoms with Crippen LogP contribution in [0, 0.1) is 5.92 Å². The van der Waals surface area contributed by atoms with Crippen LogP contribution in [-0.4, -0.2) is 57.7 Å². The Morgan fingerprint density at radius 3 is 3.00 bits per heavy atom. The molecule has 1 N–H and O–H groups in total. The van der Waals surface area contributed by atoms with Gasteiger partial charge in [-0.3, -0.25) is 0 Å². The van der Waals surface area contributed by atoms with Crippen LogP contribution in [0.5, 0.6) is 0 Å². The molecule has 0 aliphatic carbocycles. The quantitative estimate of drug-likeness (QED) is 0.873. The van der Waals surface area contributed by atoms with Gasteiger partial charge >= 0.3 is 6.03 Å². The SMILES string of the molecule is COCCC(NC(=O)N1CCS(=O)(=O)CC(C)C1)c1ccco1. The smallest absolute Gasteiger partial charge is 0.318 e. The summed E-state index contributed by atoms with van der Waals surface area (Å²) in [5.41, 5.74) is 0. The van der Waals surface area contributed by atoms with E-state index in [1.807, 2.05) is 6.92 Å². The lowest BCUT2D eigenvalue weighted by atomic mass is 10.1. The van der Waals surface area contributed by atoms with Crippen molar-refractivity contribution in [2.75, 3.05) is 38.3 Å². The summed E-state index contributed by atoms with van der Waals surface area (Å²) < 4.78 is 34.1. The summed E-state index contributed by atoms with van der Waals surface area (Å²) in [5.74, 6) is 0.719. The van der Waals surface area contributed by atoms with Gasteiger partial charge in [0.1, 0.15) is 5.76 Å². The van der Waals surface area contributed by atoms with Crippen LogP contribution in [0.2, 0.25) is 0 Å². The molecule has 23 heavy (non-hydrogen) atoms. The van der Waals surface area contributed by atoms with Crippen LogP contribution in [-0.2, 0) is 14.6 Å². The fourth-order valence-corrected chi connectivity index (χ4v) is 4.36. The van der Waals surface area contributed by atoms with E-state index in [9.17, 15) is 13.2 Å². The molecule has 1 aromatic heterocycles. The van der Waals surface area contributed by atoms with Crippen LogP contribution in [0.15, 0.2) is 22.8 Å². The second-order valence-corrected chi connectivity index (χ2v) is 8.19. The largest absolute Gasteiger partial charge is 0.467 e. The van der Waals surface area contributed by atoms with E-state index < -0.39 is 9.84 Å². The van der Waals surface area contributed by atoms with Gasteiger partial charge < -0.3 is 19.4 Å². The number of carbonyl (C=O) groups is 1. The highest BCUT2D eigenvalue weighted by molar-refractivity contribution is 7.91. The molecule has 2 unspecified atom stereocenters. The fraction of sp³-hybridized carbons (Fsp3) is 0.667. The normalized spacial score (nSPS) is 22.3. The average Bonchev–Trinajstić information content (AvgIpc) is 2.96. The van der Waals surface area contributed by atoms with E-state index >= 15 is 0 Å². The first kappa shape index (κ1) is 17.8. The van der Waals surface area contributed by atoms with Crippen LogP contribution in [0.25, 0.3) is 0 Å². The Morgan fingerprint density at radius 2 is 2.35 bits per heavy atom. The molecule has 0 spiro atoms. The van der Waals surface area contributed by atoms with Gasteiger partial charge in [-0.2, -0.15) is 0 Å². The van der Waals surface area contributed by atoms with Crippen molar-refractivity contribution in [1.29, 1.82) is 0 Å². The Bertz CT molecular complexity index is 599. The Kier molecular flexibility index (Phi) is 6.06. The molecule has 1 saturated heterocycles. The predicted molar refractivity (Wildman–Crippen MR) is 85.9 cm³/mol. The molecule has 1 aliphatic heterocycles. The molecule has 1 aliphatic rings. The number of ether oxygens (including phenoxy) is 1. The number of hydrogen-bond acceptors (Lipinski definition) is 5. The van der Waals surface area contributed by atoms with Crippen LogP contribution in [0.4, 0.5) is 4.79 Å². The minimum absolute atomic E-state index is 0.00818. The molecule has 2 amide bonds. The number of methoxy groups -OCH3 is 1. The number of sulfone groups is 1. The maximum Gasteiger partial charge on any atom is 0.318 e. The fourth-order valence-electron chi connectivity index (χ4n) is 2.72. The second kappa shape index (κ2) is 7.83. The Balaban J connectivity index is 2.03. The summed E-state index contributed by atoms with van der Waals surface area (Å²) >= 11 is 0. The van der Waals surface area contributed by atoms with Crippen molar-refractivity contribution in [2.45, 2.75) is 19.4 Å². The lowest BCUT2D eigenvalue weighted by molar-refractivity contribution is 0.167. The number of urea groups is 1. The first-order valence-electron chi connectivity index (χ1n) is 7.69. The van der Waals surface area contributed by atoms with Crippen molar-refractivity contribution in [3.05, 3.63) is 24.2 Å². The van der Waals surface area contributed by atoms with Crippen molar-refractivity contribution in [3.8, 4) is 0 Å². The average molecular weight is 344 g/mol. The van der Waals surface area contributed by atoms with Crippen LogP contribution in [0.3, 0.4) is 0 Å². The number of carbonyl (C=O) groups excluding carboxylic acids is 1. The van der Waals surface area contributed by atoms with Crippen LogP contribution in [0.1, 0.15) is 25.1 Å². The summed E-state index contributed by atoms with van der Waals surface area (Å²) in [7, 11) is -1.48. The first-order valence-corrected chi connectivity index (χ1v) is 9.51. The minimum Gasteiger partial charge on any atom is -0.467 e. The zero-order valence-corrected chi connectivity index (χ0v) is 14.3. The summed E-state index contributed by atoms with van der Waals surface area (Å²) in [6.45, 7) is 2.97. The first-order chi connectivity index (χ1) is 10.9. The summed E-state index contributed by atoms with van der Waals surface area (Å²) in [6.07, 6.45) is 2.14. The minimum atomic E-state index is -3.08. The van der Waals surface area contributed by atoms with Crippen molar-refractivity contribution in [2.24, 2.45) is 5.92 Å². The van der Waals surface area contributed by atoms with Gasteiger partial charge in [-0.25, -0.2) is 13.2 Å². The molecule has 2 heterocycles. The second-order valence-electron chi connectivity index (χ2n) is 5.96. The zero-order valence-electron chi connectivity index (χ0n) is 13.5. The Morgan fingerprint density at radius 1 is 1.57 bits per heavy atom. The highest BCUT2D eigenvalue weighted by Gasteiger charge is 2.28. The monoisotopic (exact) mass is 344 g/mol. The summed E-state index contributed by atoms with van der Waals surface area (Å²) in [5, 5.41) is 2.92. The van der Waals surface area contributed by atoms with E-state index in [2.05, 4.69) is 5.32 Å².